The molecule has 1 unspecified atom stereocenters. The van der Waals surface area contributed by atoms with Crippen molar-refractivity contribution in [3.8, 4) is 0 Å². The van der Waals surface area contributed by atoms with E-state index in [1.165, 1.54) is 0 Å². The molecule has 0 radical (unpaired) electrons. The molecule has 0 amide bonds. The molecule has 82 valence electrons. The fourth-order valence-corrected chi connectivity index (χ4v) is 1.41. The van der Waals surface area contributed by atoms with Gasteiger partial charge in [0.05, 0.1) is 13.2 Å². The number of carbonyl (C=O) groups is 1. The number of nitrogens with two attached hydrogens (primary N) is 1. The zero-order valence-electron chi connectivity index (χ0n) is 8.54. The van der Waals surface area contributed by atoms with E-state index in [2.05, 4.69) is 0 Å². The van der Waals surface area contributed by atoms with Crippen LogP contribution in [0, 0.1) is 5.92 Å². The van der Waals surface area contributed by atoms with Crippen LogP contribution in [0.15, 0.2) is 0 Å². The van der Waals surface area contributed by atoms with Crippen molar-refractivity contribution in [2.45, 2.75) is 25.7 Å². The molecule has 0 aromatic carbocycles. The molecule has 1 fully saturated rings. The van der Waals surface area contributed by atoms with Gasteiger partial charge in [-0.3, -0.25) is 4.79 Å². The second-order valence-corrected chi connectivity index (χ2v) is 3.66. The molecular formula is C10H19NO3. The van der Waals surface area contributed by atoms with E-state index >= 15 is 0 Å². The van der Waals surface area contributed by atoms with E-state index in [1.807, 2.05) is 0 Å². The van der Waals surface area contributed by atoms with Crippen LogP contribution in [0.25, 0.3) is 0 Å². The summed E-state index contributed by atoms with van der Waals surface area (Å²) in [5, 5.41) is 0. The van der Waals surface area contributed by atoms with Crippen molar-refractivity contribution < 1.29 is 14.3 Å². The first kappa shape index (κ1) is 11.5. The van der Waals surface area contributed by atoms with Gasteiger partial charge in [0.2, 0.25) is 0 Å². The van der Waals surface area contributed by atoms with Crippen LogP contribution in [0.1, 0.15) is 25.7 Å². The van der Waals surface area contributed by atoms with Gasteiger partial charge in [-0.15, -0.1) is 0 Å². The maximum absolute atomic E-state index is 11.2. The second-order valence-electron chi connectivity index (χ2n) is 3.66. The van der Waals surface area contributed by atoms with Crippen LogP contribution in [-0.2, 0) is 14.3 Å². The van der Waals surface area contributed by atoms with Crippen molar-refractivity contribution in [2.75, 3.05) is 26.4 Å². The second kappa shape index (κ2) is 6.79. The third kappa shape index (κ3) is 4.58. The number of carbonyl (C=O) groups excluding carboxylic acids is 1. The van der Waals surface area contributed by atoms with E-state index in [4.69, 9.17) is 15.2 Å². The summed E-state index contributed by atoms with van der Waals surface area (Å²) in [6, 6.07) is 0. The van der Waals surface area contributed by atoms with Crippen LogP contribution in [0.5, 0.6) is 0 Å². The first-order chi connectivity index (χ1) is 6.83. The van der Waals surface area contributed by atoms with Crippen LogP contribution in [0.2, 0.25) is 0 Å². The fraction of sp³-hybridized carbons (Fsp3) is 0.900. The first-order valence-corrected chi connectivity index (χ1v) is 5.26. The molecule has 1 heterocycles. The average Bonchev–Trinajstić information content (AvgIpc) is 2.68. The van der Waals surface area contributed by atoms with E-state index in [0.717, 1.165) is 32.5 Å². The molecule has 2 N–H and O–H groups in total. The van der Waals surface area contributed by atoms with Gasteiger partial charge in [0.1, 0.15) is 0 Å². The molecule has 0 aromatic heterocycles. The summed E-state index contributed by atoms with van der Waals surface area (Å²) < 4.78 is 10.3. The van der Waals surface area contributed by atoms with E-state index in [1.54, 1.807) is 0 Å². The highest BCUT2D eigenvalue weighted by Gasteiger charge is 2.17. The Labute approximate surface area is 84.7 Å². The molecule has 0 bridgehead atoms. The lowest BCUT2D eigenvalue weighted by molar-refractivity contribution is -0.145. The van der Waals surface area contributed by atoms with Crippen molar-refractivity contribution in [1.29, 1.82) is 0 Å². The molecule has 0 saturated carbocycles. The largest absolute Gasteiger partial charge is 0.465 e. The number of hydrogen-bond donors (Lipinski definition) is 1. The zero-order valence-corrected chi connectivity index (χ0v) is 8.54. The van der Waals surface area contributed by atoms with Gasteiger partial charge in [0.15, 0.2) is 0 Å². The molecule has 1 rings (SSSR count). The molecule has 1 saturated heterocycles. The van der Waals surface area contributed by atoms with Gasteiger partial charge in [-0.25, -0.2) is 0 Å². The van der Waals surface area contributed by atoms with E-state index in [0.29, 0.717) is 25.5 Å². The summed E-state index contributed by atoms with van der Waals surface area (Å²) in [6.45, 7) is 2.69. The molecule has 4 nitrogen and oxygen atoms in total. The van der Waals surface area contributed by atoms with Gasteiger partial charge in [-0.05, 0) is 25.8 Å². The van der Waals surface area contributed by atoms with Crippen molar-refractivity contribution >= 4 is 5.97 Å². The smallest absolute Gasteiger partial charge is 0.305 e. The van der Waals surface area contributed by atoms with Crippen LogP contribution >= 0.6 is 0 Å². The third-order valence-corrected chi connectivity index (χ3v) is 2.34. The summed E-state index contributed by atoms with van der Waals surface area (Å²) in [4.78, 5) is 11.2. The van der Waals surface area contributed by atoms with Crippen LogP contribution in [0.4, 0.5) is 0 Å². The van der Waals surface area contributed by atoms with Crippen molar-refractivity contribution in [3.63, 3.8) is 0 Å². The Balaban J connectivity index is 1.96. The number of unbranched alkanes of at least 4 members (excludes halogenated alkanes) is 1. The summed E-state index contributed by atoms with van der Waals surface area (Å²) in [5.41, 5.74) is 5.32. The highest BCUT2D eigenvalue weighted by Crippen LogP contribution is 2.12. The van der Waals surface area contributed by atoms with Gasteiger partial charge < -0.3 is 15.2 Å². The van der Waals surface area contributed by atoms with Crippen molar-refractivity contribution in [1.82, 2.24) is 0 Å². The normalized spacial score (nSPS) is 21.1. The van der Waals surface area contributed by atoms with Crippen LogP contribution in [-0.4, -0.2) is 32.3 Å². The first-order valence-electron chi connectivity index (χ1n) is 5.26. The maximum atomic E-state index is 11.2. The molecule has 14 heavy (non-hydrogen) atoms. The Morgan fingerprint density at radius 3 is 3.00 bits per heavy atom. The maximum Gasteiger partial charge on any atom is 0.305 e. The molecule has 0 aromatic rings. The standard InChI is InChI=1S/C10H19NO3/c11-5-2-1-3-10(12)14-8-9-4-6-13-7-9/h9H,1-8,11H2. The SMILES string of the molecule is NCCCCC(=O)OCC1CCOC1. The Hall–Kier alpha value is -0.610. The Kier molecular flexibility index (Phi) is 5.56. The van der Waals surface area contributed by atoms with Gasteiger partial charge in [0.25, 0.3) is 0 Å². The number of hydrogen-bond acceptors (Lipinski definition) is 4. The van der Waals surface area contributed by atoms with Gasteiger partial charge >= 0.3 is 5.97 Å². The molecule has 0 spiro atoms. The third-order valence-electron chi connectivity index (χ3n) is 2.34. The number of esters is 1. The number of rotatable bonds is 6. The fourth-order valence-electron chi connectivity index (χ4n) is 1.41. The molecule has 0 aliphatic carbocycles. The molecule has 1 atom stereocenters. The van der Waals surface area contributed by atoms with E-state index in [9.17, 15) is 4.79 Å². The molecular weight excluding hydrogens is 182 g/mol. The van der Waals surface area contributed by atoms with E-state index in [-0.39, 0.29) is 5.97 Å². The summed E-state index contributed by atoms with van der Waals surface area (Å²) in [7, 11) is 0. The molecule has 1 aliphatic heterocycles. The predicted octanol–water partition coefficient (Wildman–Crippen LogP) is 0.695. The van der Waals surface area contributed by atoms with Gasteiger partial charge in [0, 0.05) is 18.9 Å². The topological polar surface area (TPSA) is 61.6 Å². The van der Waals surface area contributed by atoms with Gasteiger partial charge in [-0.1, -0.05) is 0 Å². The van der Waals surface area contributed by atoms with Crippen molar-refractivity contribution in [2.24, 2.45) is 11.7 Å². The van der Waals surface area contributed by atoms with Crippen LogP contribution in [0.3, 0.4) is 0 Å². The highest BCUT2D eigenvalue weighted by atomic mass is 16.5. The minimum atomic E-state index is -0.106. The Morgan fingerprint density at radius 2 is 2.36 bits per heavy atom. The zero-order chi connectivity index (χ0) is 10.2. The number of ether oxygens (including phenoxy) is 2. The quantitative estimate of drug-likeness (QED) is 0.507. The summed E-state index contributed by atoms with van der Waals surface area (Å²) in [5.74, 6) is 0.304. The lowest BCUT2D eigenvalue weighted by Gasteiger charge is -2.08. The molecule has 1 aliphatic rings. The Bertz CT molecular complexity index is 167. The minimum absolute atomic E-state index is 0.106. The summed E-state index contributed by atoms with van der Waals surface area (Å²) in [6.07, 6.45) is 3.22. The molecule has 4 heteroatoms. The Morgan fingerprint density at radius 1 is 1.50 bits per heavy atom. The lowest BCUT2D eigenvalue weighted by Crippen LogP contribution is -2.14. The van der Waals surface area contributed by atoms with Crippen LogP contribution < -0.4 is 5.73 Å². The van der Waals surface area contributed by atoms with E-state index < -0.39 is 0 Å². The average molecular weight is 201 g/mol. The highest BCUT2D eigenvalue weighted by molar-refractivity contribution is 5.69. The predicted molar refractivity (Wildman–Crippen MR) is 52.8 cm³/mol. The minimum Gasteiger partial charge on any atom is -0.465 e. The lowest BCUT2D eigenvalue weighted by atomic mass is 10.1. The van der Waals surface area contributed by atoms with Gasteiger partial charge in [-0.2, -0.15) is 0 Å². The monoisotopic (exact) mass is 201 g/mol. The summed E-state index contributed by atoms with van der Waals surface area (Å²) >= 11 is 0. The van der Waals surface area contributed by atoms with Crippen molar-refractivity contribution in [3.05, 3.63) is 0 Å².